The Morgan fingerprint density at radius 2 is 2.11 bits per heavy atom. The molecule has 0 radical (unpaired) electrons. The van der Waals surface area contributed by atoms with Gasteiger partial charge in [-0.2, -0.15) is 5.10 Å². The lowest BCUT2D eigenvalue weighted by molar-refractivity contribution is 0.189. The van der Waals surface area contributed by atoms with E-state index in [4.69, 9.17) is 5.73 Å². The van der Waals surface area contributed by atoms with E-state index in [1.165, 1.54) is 0 Å². The monoisotopic (exact) mass is 259 g/mol. The third-order valence-electron chi connectivity index (χ3n) is 4.08. The first-order valence-electron chi connectivity index (χ1n) is 7.06. The topological polar surface area (TPSA) is 60.0 Å². The van der Waals surface area contributed by atoms with Crippen LogP contribution in [0, 0.1) is 0 Å². The highest BCUT2D eigenvalue weighted by molar-refractivity contribution is 5.75. The van der Waals surface area contributed by atoms with E-state index in [1.807, 2.05) is 12.4 Å². The largest absolute Gasteiger partial charge is 0.326 e. The van der Waals surface area contributed by atoms with Crippen LogP contribution in [0.4, 0.5) is 0 Å². The van der Waals surface area contributed by atoms with Crippen molar-refractivity contribution in [1.82, 2.24) is 19.7 Å². The number of hydrogen-bond donors (Lipinski definition) is 1. The molecule has 0 amide bonds. The van der Waals surface area contributed by atoms with E-state index in [0.29, 0.717) is 12.6 Å². The van der Waals surface area contributed by atoms with Gasteiger partial charge in [-0.15, -0.1) is 0 Å². The summed E-state index contributed by atoms with van der Waals surface area (Å²) in [5.74, 6) is 0. The molecule has 1 fully saturated rings. The number of nitrogens with zero attached hydrogens (tertiary/aromatic N) is 4. The van der Waals surface area contributed by atoms with Crippen LogP contribution in [0.15, 0.2) is 18.5 Å². The van der Waals surface area contributed by atoms with Gasteiger partial charge in [-0.25, -0.2) is 9.67 Å². The van der Waals surface area contributed by atoms with Gasteiger partial charge >= 0.3 is 0 Å². The van der Waals surface area contributed by atoms with E-state index >= 15 is 0 Å². The van der Waals surface area contributed by atoms with Crippen molar-refractivity contribution >= 4 is 11.0 Å². The van der Waals surface area contributed by atoms with Gasteiger partial charge in [0.25, 0.3) is 0 Å². The smallest absolute Gasteiger partial charge is 0.157 e. The Morgan fingerprint density at radius 1 is 1.32 bits per heavy atom. The van der Waals surface area contributed by atoms with Crippen LogP contribution >= 0.6 is 0 Å². The molecule has 0 atom stereocenters. The maximum Gasteiger partial charge on any atom is 0.157 e. The van der Waals surface area contributed by atoms with Crippen LogP contribution in [0.3, 0.4) is 0 Å². The maximum absolute atomic E-state index is 5.65. The second-order valence-corrected chi connectivity index (χ2v) is 5.22. The number of piperidine rings is 1. The van der Waals surface area contributed by atoms with E-state index in [-0.39, 0.29) is 0 Å². The van der Waals surface area contributed by atoms with Crippen LogP contribution in [0.2, 0.25) is 0 Å². The summed E-state index contributed by atoms with van der Waals surface area (Å²) >= 11 is 0. The lowest BCUT2D eigenvalue weighted by atomic mass is 10.1. The molecular formula is C14H21N5. The summed E-state index contributed by atoms with van der Waals surface area (Å²) in [4.78, 5) is 7.02. The molecule has 0 unspecified atom stereocenters. The Labute approximate surface area is 113 Å². The minimum Gasteiger partial charge on any atom is -0.326 e. The number of hydrogen-bond acceptors (Lipinski definition) is 4. The van der Waals surface area contributed by atoms with Gasteiger partial charge in [0.1, 0.15) is 0 Å². The van der Waals surface area contributed by atoms with E-state index in [1.54, 1.807) is 0 Å². The summed E-state index contributed by atoms with van der Waals surface area (Å²) < 4.78 is 2.10. The fourth-order valence-electron chi connectivity index (χ4n) is 2.84. The number of pyridine rings is 1. The number of nitrogens with two attached hydrogens (primary N) is 1. The molecule has 0 saturated carbocycles. The second-order valence-electron chi connectivity index (χ2n) is 5.22. The second kappa shape index (κ2) is 5.27. The van der Waals surface area contributed by atoms with Crippen molar-refractivity contribution in [3.63, 3.8) is 0 Å². The normalized spacial score (nSPS) is 18.2. The highest BCUT2D eigenvalue weighted by atomic mass is 15.3. The average Bonchev–Trinajstić information content (AvgIpc) is 2.90. The zero-order chi connectivity index (χ0) is 13.2. The van der Waals surface area contributed by atoms with E-state index in [0.717, 1.165) is 49.1 Å². The first kappa shape index (κ1) is 12.6. The Bertz CT molecular complexity index is 554. The van der Waals surface area contributed by atoms with Gasteiger partial charge in [0, 0.05) is 31.2 Å². The first-order chi connectivity index (χ1) is 9.31. The predicted octanol–water partition coefficient (Wildman–Crippen LogP) is 1.55. The Hall–Kier alpha value is -1.46. The van der Waals surface area contributed by atoms with Crippen molar-refractivity contribution < 1.29 is 0 Å². The Balaban J connectivity index is 1.85. The molecule has 0 aliphatic carbocycles. The molecule has 0 bridgehead atoms. The van der Waals surface area contributed by atoms with Gasteiger partial charge in [0.05, 0.1) is 12.2 Å². The standard InChI is InChI=1S/C14H21N5/c1-2-18-5-3-13(4-6-18)19-14-12(10-17-19)7-11(8-15)9-16-14/h7,9-10,13H,2-6,8,15H2,1H3. The van der Waals surface area contributed by atoms with Crippen LogP contribution < -0.4 is 5.73 Å². The van der Waals surface area contributed by atoms with Crippen molar-refractivity contribution in [1.29, 1.82) is 0 Å². The quantitative estimate of drug-likeness (QED) is 0.908. The lowest BCUT2D eigenvalue weighted by Gasteiger charge is -2.31. The van der Waals surface area contributed by atoms with Crippen molar-refractivity contribution in [2.24, 2.45) is 5.73 Å². The minimum absolute atomic E-state index is 0.483. The van der Waals surface area contributed by atoms with Gasteiger partial charge in [0.2, 0.25) is 0 Å². The van der Waals surface area contributed by atoms with Crippen LogP contribution in [0.5, 0.6) is 0 Å². The highest BCUT2D eigenvalue weighted by Crippen LogP contribution is 2.25. The SMILES string of the molecule is CCN1CCC(n2ncc3cc(CN)cnc32)CC1. The van der Waals surface area contributed by atoms with Gasteiger partial charge in [-0.05, 0) is 31.0 Å². The number of fused-ring (bicyclic) bond motifs is 1. The maximum atomic E-state index is 5.65. The van der Waals surface area contributed by atoms with Gasteiger partial charge < -0.3 is 10.6 Å². The first-order valence-corrected chi connectivity index (χ1v) is 7.06. The van der Waals surface area contributed by atoms with Crippen LogP contribution in [-0.4, -0.2) is 39.3 Å². The molecule has 3 heterocycles. The predicted molar refractivity (Wildman–Crippen MR) is 75.8 cm³/mol. The van der Waals surface area contributed by atoms with Gasteiger partial charge in [0.15, 0.2) is 5.65 Å². The number of rotatable bonds is 3. The molecule has 0 aromatic carbocycles. The summed E-state index contributed by atoms with van der Waals surface area (Å²) in [6.07, 6.45) is 6.09. The van der Waals surface area contributed by atoms with Gasteiger partial charge in [-0.3, -0.25) is 0 Å². The molecule has 0 spiro atoms. The van der Waals surface area contributed by atoms with Crippen molar-refractivity contribution in [2.45, 2.75) is 32.4 Å². The Kier molecular flexibility index (Phi) is 3.48. The van der Waals surface area contributed by atoms with E-state index in [9.17, 15) is 0 Å². The molecule has 1 saturated heterocycles. The van der Waals surface area contributed by atoms with E-state index in [2.05, 4.69) is 32.7 Å². The molecule has 1 aliphatic rings. The molecule has 2 aromatic heterocycles. The molecular weight excluding hydrogens is 238 g/mol. The summed E-state index contributed by atoms with van der Waals surface area (Å²) in [6.45, 7) is 6.21. The zero-order valence-corrected chi connectivity index (χ0v) is 11.4. The average molecular weight is 259 g/mol. The zero-order valence-electron chi connectivity index (χ0n) is 11.4. The minimum atomic E-state index is 0.483. The van der Waals surface area contributed by atoms with Crippen LogP contribution in [0.25, 0.3) is 11.0 Å². The molecule has 2 N–H and O–H groups in total. The molecule has 19 heavy (non-hydrogen) atoms. The van der Waals surface area contributed by atoms with Crippen molar-refractivity contribution in [2.75, 3.05) is 19.6 Å². The van der Waals surface area contributed by atoms with E-state index < -0.39 is 0 Å². The summed E-state index contributed by atoms with van der Waals surface area (Å²) in [7, 11) is 0. The molecule has 2 aromatic rings. The molecule has 5 nitrogen and oxygen atoms in total. The van der Waals surface area contributed by atoms with Crippen molar-refractivity contribution in [3.8, 4) is 0 Å². The van der Waals surface area contributed by atoms with Gasteiger partial charge in [-0.1, -0.05) is 6.92 Å². The molecule has 5 heteroatoms. The van der Waals surface area contributed by atoms with Crippen LogP contribution in [-0.2, 0) is 6.54 Å². The lowest BCUT2D eigenvalue weighted by Crippen LogP contribution is -2.34. The summed E-state index contributed by atoms with van der Waals surface area (Å²) in [5.41, 5.74) is 7.70. The Morgan fingerprint density at radius 3 is 2.79 bits per heavy atom. The van der Waals surface area contributed by atoms with Crippen LogP contribution in [0.1, 0.15) is 31.4 Å². The molecule has 1 aliphatic heterocycles. The summed E-state index contributed by atoms with van der Waals surface area (Å²) in [5, 5.41) is 5.64. The summed E-state index contributed by atoms with van der Waals surface area (Å²) in [6, 6.07) is 2.57. The fraction of sp³-hybridized carbons (Fsp3) is 0.571. The fourth-order valence-corrected chi connectivity index (χ4v) is 2.84. The number of aromatic nitrogens is 3. The molecule has 102 valence electrons. The molecule has 3 rings (SSSR count). The highest BCUT2D eigenvalue weighted by Gasteiger charge is 2.21. The number of likely N-dealkylation sites (tertiary alicyclic amines) is 1. The third-order valence-corrected chi connectivity index (χ3v) is 4.08. The van der Waals surface area contributed by atoms with Crippen molar-refractivity contribution in [3.05, 3.63) is 24.0 Å². The third kappa shape index (κ3) is 2.35.